The highest BCUT2D eigenvalue weighted by Crippen LogP contribution is 2.22. The third-order valence-electron chi connectivity index (χ3n) is 4.84. The number of nitrogens with one attached hydrogen (secondary N) is 2. The molecule has 8 heteroatoms. The zero-order valence-electron chi connectivity index (χ0n) is 19.5. The molecule has 5 N–H and O–H groups in total. The van der Waals surface area contributed by atoms with Crippen molar-refractivity contribution in [2.75, 3.05) is 6.54 Å². The fraction of sp³-hybridized carbons (Fsp3) is 0.609. The maximum absolute atomic E-state index is 12.5. The Labute approximate surface area is 184 Å². The van der Waals surface area contributed by atoms with E-state index in [-0.39, 0.29) is 17.4 Å². The van der Waals surface area contributed by atoms with Crippen LogP contribution in [0.3, 0.4) is 0 Å². The number of ether oxygens (including phenoxy) is 1. The number of carbonyl (C=O) groups is 3. The Balaban J connectivity index is 2.50. The van der Waals surface area contributed by atoms with E-state index in [4.69, 9.17) is 10.5 Å². The average Bonchev–Trinajstić information content (AvgIpc) is 2.61. The maximum Gasteiger partial charge on any atom is 0.407 e. The summed E-state index contributed by atoms with van der Waals surface area (Å²) in [5, 5.41) is 15.1. The summed E-state index contributed by atoms with van der Waals surface area (Å²) in [4.78, 5) is 36.2. The quantitative estimate of drug-likeness (QED) is 0.418. The summed E-state index contributed by atoms with van der Waals surface area (Å²) in [5.74, 6) is -0.367. The normalized spacial score (nSPS) is 13.3. The topological polar surface area (TPSA) is 131 Å². The predicted molar refractivity (Wildman–Crippen MR) is 120 cm³/mol. The van der Waals surface area contributed by atoms with Crippen molar-refractivity contribution in [2.24, 2.45) is 5.73 Å². The number of Topliss-reactive ketones (excluding diaryl/α,β-unsaturated/α-hetero) is 1. The summed E-state index contributed by atoms with van der Waals surface area (Å²) >= 11 is 0. The summed E-state index contributed by atoms with van der Waals surface area (Å²) in [6, 6.07) is 1.84. The molecule has 174 valence electrons. The first-order valence-corrected chi connectivity index (χ1v) is 10.6. The molecule has 0 aromatic heterocycles. The van der Waals surface area contributed by atoms with Crippen LogP contribution in [0.1, 0.15) is 63.6 Å². The van der Waals surface area contributed by atoms with Crippen molar-refractivity contribution in [3.8, 4) is 5.75 Å². The smallest absolute Gasteiger partial charge is 0.407 e. The molecule has 0 aliphatic heterocycles. The van der Waals surface area contributed by atoms with Crippen molar-refractivity contribution in [3.05, 3.63) is 28.8 Å². The third-order valence-corrected chi connectivity index (χ3v) is 4.84. The van der Waals surface area contributed by atoms with Gasteiger partial charge in [0.15, 0.2) is 5.78 Å². The molecule has 2 unspecified atom stereocenters. The molecule has 0 bridgehead atoms. The van der Waals surface area contributed by atoms with E-state index in [1.165, 1.54) is 6.92 Å². The fourth-order valence-electron chi connectivity index (χ4n) is 3.20. The second kappa shape index (κ2) is 11.7. The van der Waals surface area contributed by atoms with Gasteiger partial charge in [-0.15, -0.1) is 0 Å². The van der Waals surface area contributed by atoms with Crippen LogP contribution in [0.4, 0.5) is 4.79 Å². The number of carbonyl (C=O) groups excluding carboxylic acids is 3. The molecular weight excluding hydrogens is 398 g/mol. The molecule has 1 aromatic carbocycles. The van der Waals surface area contributed by atoms with Crippen LogP contribution in [-0.2, 0) is 20.7 Å². The van der Waals surface area contributed by atoms with Crippen molar-refractivity contribution in [3.63, 3.8) is 0 Å². The van der Waals surface area contributed by atoms with E-state index in [1.807, 2.05) is 13.8 Å². The number of alkyl carbamates (subject to hydrolysis) is 1. The highest BCUT2D eigenvalue weighted by atomic mass is 16.6. The van der Waals surface area contributed by atoms with Gasteiger partial charge < -0.3 is 26.2 Å². The minimum absolute atomic E-state index is 0.158. The summed E-state index contributed by atoms with van der Waals surface area (Å²) in [6.45, 7) is 11.0. The van der Waals surface area contributed by atoms with E-state index in [2.05, 4.69) is 10.6 Å². The van der Waals surface area contributed by atoms with E-state index >= 15 is 0 Å². The van der Waals surface area contributed by atoms with Crippen LogP contribution in [0.25, 0.3) is 0 Å². The minimum Gasteiger partial charge on any atom is -0.508 e. The van der Waals surface area contributed by atoms with Gasteiger partial charge in [-0.1, -0.05) is 0 Å². The van der Waals surface area contributed by atoms with Crippen LogP contribution >= 0.6 is 0 Å². The molecule has 2 amide bonds. The minimum atomic E-state index is -0.745. The molecule has 0 aliphatic rings. The van der Waals surface area contributed by atoms with Gasteiger partial charge in [-0.05, 0) is 89.6 Å². The number of aromatic hydroxyl groups is 1. The van der Waals surface area contributed by atoms with Crippen molar-refractivity contribution < 1.29 is 24.2 Å². The number of unbranched alkanes of at least 4 members (excludes halogenated alkanes) is 1. The maximum atomic E-state index is 12.5. The molecule has 0 saturated heterocycles. The van der Waals surface area contributed by atoms with Crippen LogP contribution in [0.15, 0.2) is 12.1 Å². The van der Waals surface area contributed by atoms with Gasteiger partial charge in [0.2, 0.25) is 5.91 Å². The summed E-state index contributed by atoms with van der Waals surface area (Å²) < 4.78 is 5.16. The van der Waals surface area contributed by atoms with Crippen molar-refractivity contribution in [1.82, 2.24) is 10.6 Å². The highest BCUT2D eigenvalue weighted by molar-refractivity contribution is 5.89. The van der Waals surface area contributed by atoms with E-state index in [0.29, 0.717) is 32.2 Å². The molecule has 0 spiro atoms. The number of amides is 2. The Morgan fingerprint density at radius 3 is 2.23 bits per heavy atom. The predicted octanol–water partition coefficient (Wildman–Crippen LogP) is 2.65. The molecule has 0 aliphatic carbocycles. The molecule has 0 fully saturated rings. The largest absolute Gasteiger partial charge is 0.508 e. The highest BCUT2D eigenvalue weighted by Gasteiger charge is 2.23. The summed E-state index contributed by atoms with van der Waals surface area (Å²) in [6.07, 6.45) is 1.60. The number of ketones is 1. The first kappa shape index (κ1) is 26.4. The standard InChI is InChI=1S/C23H37N3O5/c1-14-11-17(28)12-15(2)18(14)13-20(16(3)27)26-21(29)19(24)9-7-8-10-25-22(30)31-23(4,5)6/h11-12,19-20,28H,7-10,13,24H2,1-6H3,(H,25,30)(H,26,29). The number of rotatable bonds is 10. The fourth-order valence-corrected chi connectivity index (χ4v) is 3.20. The number of benzene rings is 1. The Hall–Kier alpha value is -2.61. The number of hydrogen-bond acceptors (Lipinski definition) is 6. The molecule has 0 saturated carbocycles. The van der Waals surface area contributed by atoms with Gasteiger partial charge in [0.05, 0.1) is 12.1 Å². The molecular formula is C23H37N3O5. The summed E-state index contributed by atoms with van der Waals surface area (Å²) in [7, 11) is 0. The van der Waals surface area contributed by atoms with Crippen molar-refractivity contribution in [2.45, 2.75) is 84.9 Å². The van der Waals surface area contributed by atoms with Crippen LogP contribution in [0, 0.1) is 13.8 Å². The van der Waals surface area contributed by atoms with E-state index in [9.17, 15) is 19.5 Å². The van der Waals surface area contributed by atoms with Crippen molar-refractivity contribution >= 4 is 17.8 Å². The van der Waals surface area contributed by atoms with E-state index in [1.54, 1.807) is 32.9 Å². The van der Waals surface area contributed by atoms with Crippen LogP contribution in [0.5, 0.6) is 5.75 Å². The average molecular weight is 436 g/mol. The zero-order chi connectivity index (χ0) is 23.8. The van der Waals surface area contributed by atoms with Gasteiger partial charge in [-0.2, -0.15) is 0 Å². The number of nitrogens with two attached hydrogens (primary N) is 1. The number of hydrogen-bond donors (Lipinski definition) is 4. The van der Waals surface area contributed by atoms with Crippen LogP contribution in [-0.4, -0.2) is 47.1 Å². The molecule has 1 rings (SSSR count). The third kappa shape index (κ3) is 9.83. The lowest BCUT2D eigenvalue weighted by Crippen LogP contribution is -2.48. The lowest BCUT2D eigenvalue weighted by atomic mass is 9.94. The van der Waals surface area contributed by atoms with Gasteiger partial charge in [-0.3, -0.25) is 9.59 Å². The molecule has 2 atom stereocenters. The summed E-state index contributed by atoms with van der Waals surface area (Å²) in [5.41, 5.74) is 8.09. The van der Waals surface area contributed by atoms with E-state index in [0.717, 1.165) is 16.7 Å². The van der Waals surface area contributed by atoms with Gasteiger partial charge in [-0.25, -0.2) is 4.79 Å². The number of phenolic OH excluding ortho intramolecular Hbond substituents is 1. The number of phenols is 1. The van der Waals surface area contributed by atoms with Gasteiger partial charge in [0, 0.05) is 13.0 Å². The van der Waals surface area contributed by atoms with Crippen LogP contribution < -0.4 is 16.4 Å². The lowest BCUT2D eigenvalue weighted by Gasteiger charge is -2.21. The van der Waals surface area contributed by atoms with Crippen LogP contribution in [0.2, 0.25) is 0 Å². The van der Waals surface area contributed by atoms with E-state index < -0.39 is 23.8 Å². The second-order valence-electron chi connectivity index (χ2n) is 8.97. The number of aryl methyl sites for hydroxylation is 2. The first-order valence-electron chi connectivity index (χ1n) is 10.6. The Kier molecular flexibility index (Phi) is 9.97. The molecule has 0 radical (unpaired) electrons. The van der Waals surface area contributed by atoms with Crippen molar-refractivity contribution in [1.29, 1.82) is 0 Å². The first-order chi connectivity index (χ1) is 14.3. The Bertz CT molecular complexity index is 763. The molecule has 8 nitrogen and oxygen atoms in total. The lowest BCUT2D eigenvalue weighted by molar-refractivity contribution is -0.127. The Morgan fingerprint density at radius 1 is 1.13 bits per heavy atom. The molecule has 0 heterocycles. The molecule has 1 aromatic rings. The SMILES string of the molecule is CC(=O)C(Cc1c(C)cc(O)cc1C)NC(=O)C(N)CCCCNC(=O)OC(C)(C)C. The van der Waals surface area contributed by atoms with Gasteiger partial charge in [0.25, 0.3) is 0 Å². The second-order valence-corrected chi connectivity index (χ2v) is 8.97. The molecule has 31 heavy (non-hydrogen) atoms. The van der Waals surface area contributed by atoms with Gasteiger partial charge >= 0.3 is 6.09 Å². The monoisotopic (exact) mass is 435 g/mol. The Morgan fingerprint density at radius 2 is 1.71 bits per heavy atom. The van der Waals surface area contributed by atoms with Gasteiger partial charge in [0.1, 0.15) is 11.4 Å². The zero-order valence-corrected chi connectivity index (χ0v) is 19.5.